The Kier molecular flexibility index (Phi) is 26.7. The van der Waals surface area contributed by atoms with E-state index >= 15 is 0 Å². The van der Waals surface area contributed by atoms with Crippen molar-refractivity contribution < 1.29 is 193 Å². The summed E-state index contributed by atoms with van der Waals surface area (Å²) < 4.78 is 89.1. The van der Waals surface area contributed by atoms with Gasteiger partial charge in [-0.1, -0.05) is 0 Å². The van der Waals surface area contributed by atoms with E-state index in [9.17, 15) is 122 Å². The second kappa shape index (κ2) is 32.6. The van der Waals surface area contributed by atoms with Crippen molar-refractivity contribution in [1.29, 1.82) is 0 Å². The molecule has 8 aliphatic heterocycles. The summed E-state index contributed by atoms with van der Waals surface area (Å²) in [6.07, 6.45) is -75.0. The van der Waals surface area contributed by atoms with Gasteiger partial charge < -0.3 is 194 Å². The van der Waals surface area contributed by atoms with Gasteiger partial charge in [-0.3, -0.25) is 9.59 Å². The molecule has 0 spiro atoms. The minimum Gasteiger partial charge on any atom is -0.394 e. The fourth-order valence-electron chi connectivity index (χ4n) is 12.1. The van der Waals surface area contributed by atoms with Crippen molar-refractivity contribution in [1.82, 2.24) is 10.6 Å². The highest BCUT2D eigenvalue weighted by atomic mass is 16.8. The first-order valence-electron chi connectivity index (χ1n) is 29.9. The maximum atomic E-state index is 13.3. The van der Waals surface area contributed by atoms with Crippen LogP contribution < -0.4 is 10.6 Å². The SMILES string of the molecule is CC(=O)N[C@H]1[C@H](OC[C@H]2O[C@@H](O[C@H]3[C@H](O)[C@@H](O)[C@H](O)O[C@@H]3CO)[C@H](O)[C@@H](O[C@@H]3O[C@H](CO)[C@@H](O[C@@H]4O[C@H](CO)[C@H](O)[C@H](O)[C@H]4O)[C@H](O[C@@H]4O[C@@H](C)[C@@H](O)[C@@H](O)[C@@H]4O)[C@H]3NC(C)=O)[C@H]2O)O[C@H](CO)[C@@H](O[C@@H]2O[C@H](CO)[C@H](O)[C@H](O)[C@H]2O)[C@@H]1O[C@@H]1O[C@@H](C)[C@@H](O)[C@@H](O)[C@@H]1O. The van der Waals surface area contributed by atoms with Gasteiger partial charge in [0, 0.05) is 13.8 Å². The Bertz CT molecular complexity index is 2350. The molecule has 8 heterocycles. The van der Waals surface area contributed by atoms with E-state index in [0.29, 0.717) is 0 Å². The molecular formula is C52H88N2O39. The number of hydrogen-bond donors (Lipinski definition) is 24. The summed E-state index contributed by atoms with van der Waals surface area (Å²) in [5.41, 5.74) is 0. The highest BCUT2D eigenvalue weighted by molar-refractivity contribution is 5.73. The van der Waals surface area contributed by atoms with Crippen LogP contribution in [0.4, 0.5) is 0 Å². The van der Waals surface area contributed by atoms with Crippen molar-refractivity contribution in [2.75, 3.05) is 39.6 Å². The number of aliphatic hydroxyl groups excluding tert-OH is 22. The molecule has 0 aromatic heterocycles. The lowest BCUT2D eigenvalue weighted by Crippen LogP contribution is -2.71. The third-order valence-electron chi connectivity index (χ3n) is 17.4. The summed E-state index contributed by atoms with van der Waals surface area (Å²) in [5, 5.41) is 244. The van der Waals surface area contributed by atoms with Crippen molar-refractivity contribution in [3.05, 3.63) is 0 Å². The van der Waals surface area contributed by atoms with E-state index in [2.05, 4.69) is 10.6 Å². The van der Waals surface area contributed by atoms with Gasteiger partial charge in [-0.15, -0.1) is 0 Å². The summed E-state index contributed by atoms with van der Waals surface area (Å²) in [5.74, 6) is -1.88. The van der Waals surface area contributed by atoms with Gasteiger partial charge in [0.2, 0.25) is 11.8 Å². The lowest BCUT2D eigenvalue weighted by atomic mass is 9.93. The minimum atomic E-state index is -2.42. The molecule has 24 N–H and O–H groups in total. The van der Waals surface area contributed by atoms with Crippen LogP contribution in [0.2, 0.25) is 0 Å². The van der Waals surface area contributed by atoms with Gasteiger partial charge in [-0.05, 0) is 13.8 Å². The zero-order valence-corrected chi connectivity index (χ0v) is 50.1. The number of amides is 2. The summed E-state index contributed by atoms with van der Waals surface area (Å²) in [4.78, 5) is 26.5. The lowest BCUT2D eigenvalue weighted by molar-refractivity contribution is -0.394. The number of nitrogens with one attached hydrogen (secondary N) is 2. The van der Waals surface area contributed by atoms with Crippen molar-refractivity contribution in [3.63, 3.8) is 0 Å². The molecule has 0 bridgehead atoms. The number of ether oxygens (including phenoxy) is 15. The van der Waals surface area contributed by atoms with Crippen LogP contribution in [-0.4, -0.2) is 409 Å². The monoisotopic (exact) mass is 1360 g/mol. The van der Waals surface area contributed by atoms with Crippen molar-refractivity contribution >= 4 is 11.8 Å². The standard InChI is InChI=1S/C52H88N2O39/c1-11-23(62)28(67)34(73)48(80-11)91-42-21(53-13(3)60)46(85-18(8-58)40(42)89-50-36(75)30(69)25(64)15(5-55)83-50)79-10-20-27(66)44(38(77)52(87-20)88-39-17(7-57)82-45(78)33(72)32(39)71)93-47-22(54-14(4)61)43(92-49-35(74)29(68)24(63)12(2)81-49)41(19(9-59)86-47)90-51-37(76)31(70)26(65)16(6-56)84-51/h11-12,15-52,55-59,62-78H,5-10H2,1-4H3,(H,53,60)(H,54,61)/t11-,12-,15+,16+,17+,18+,19+,20+,21+,22+,23+,24+,25-,26-,27-,28+,29+,30-,31-,32+,33+,34-,35-,36+,37+,38+,39+,40+,41+,42+,43+,44-,45+,46+,47-,48-,49-,50-,51-,52-/m0/s1. The zero-order valence-electron chi connectivity index (χ0n) is 50.1. The van der Waals surface area contributed by atoms with Crippen LogP contribution in [-0.2, 0) is 80.6 Å². The zero-order chi connectivity index (χ0) is 68.5. The first kappa shape index (κ1) is 76.2. The first-order valence-corrected chi connectivity index (χ1v) is 29.9. The number of rotatable bonds is 22. The minimum absolute atomic E-state index is 0.912. The molecule has 0 unspecified atom stereocenters. The topological polar surface area (TPSA) is 642 Å². The molecule has 540 valence electrons. The molecule has 8 saturated heterocycles. The summed E-state index contributed by atoms with van der Waals surface area (Å²) >= 11 is 0. The third kappa shape index (κ3) is 16.4. The van der Waals surface area contributed by atoms with Crippen LogP contribution in [0.25, 0.3) is 0 Å². The molecule has 93 heavy (non-hydrogen) atoms. The Morgan fingerprint density at radius 3 is 1.04 bits per heavy atom. The Hall–Kier alpha value is -2.54. The average Bonchev–Trinajstić information content (AvgIpc) is 0.778. The van der Waals surface area contributed by atoms with Gasteiger partial charge in [0.1, 0.15) is 183 Å². The van der Waals surface area contributed by atoms with Gasteiger partial charge in [-0.2, -0.15) is 0 Å². The molecule has 8 aliphatic rings. The van der Waals surface area contributed by atoms with E-state index in [0.717, 1.165) is 13.8 Å². The molecule has 8 rings (SSSR count). The highest BCUT2D eigenvalue weighted by Gasteiger charge is 2.60. The van der Waals surface area contributed by atoms with Crippen LogP contribution in [0, 0.1) is 0 Å². The number of carbonyl (C=O) groups excluding carboxylic acids is 2. The largest absolute Gasteiger partial charge is 0.394 e. The van der Waals surface area contributed by atoms with Crippen molar-refractivity contribution in [3.8, 4) is 0 Å². The third-order valence-corrected chi connectivity index (χ3v) is 17.4. The van der Waals surface area contributed by atoms with Crippen molar-refractivity contribution in [2.45, 2.75) is 273 Å². The van der Waals surface area contributed by atoms with Crippen LogP contribution in [0.1, 0.15) is 27.7 Å². The van der Waals surface area contributed by atoms with E-state index in [1.807, 2.05) is 0 Å². The average molecular weight is 1370 g/mol. The summed E-state index contributed by atoms with van der Waals surface area (Å²) in [7, 11) is 0. The molecule has 0 aromatic carbocycles. The molecule has 8 fully saturated rings. The van der Waals surface area contributed by atoms with Crippen LogP contribution in [0.3, 0.4) is 0 Å². The second-order valence-electron chi connectivity index (χ2n) is 23.9. The Balaban J connectivity index is 1.16. The quantitative estimate of drug-likeness (QED) is 0.0479. The van der Waals surface area contributed by atoms with Crippen LogP contribution in [0.5, 0.6) is 0 Å². The Morgan fingerprint density at radius 1 is 0.301 bits per heavy atom. The molecular weight excluding hydrogens is 1280 g/mol. The van der Waals surface area contributed by atoms with Gasteiger partial charge in [0.25, 0.3) is 0 Å². The smallest absolute Gasteiger partial charge is 0.217 e. The predicted molar refractivity (Wildman–Crippen MR) is 285 cm³/mol. The predicted octanol–water partition coefficient (Wildman–Crippen LogP) is -16.1. The number of aliphatic hydroxyl groups is 22. The van der Waals surface area contributed by atoms with E-state index < -0.39 is 297 Å². The van der Waals surface area contributed by atoms with Crippen LogP contribution >= 0.6 is 0 Å². The van der Waals surface area contributed by atoms with Gasteiger partial charge in [0.15, 0.2) is 50.3 Å². The Morgan fingerprint density at radius 2 is 0.624 bits per heavy atom. The fraction of sp³-hybridized carbons (Fsp3) is 0.962. The fourth-order valence-corrected chi connectivity index (χ4v) is 12.1. The van der Waals surface area contributed by atoms with Gasteiger partial charge in [0.05, 0.1) is 51.8 Å². The molecule has 41 heteroatoms. The highest BCUT2D eigenvalue weighted by Crippen LogP contribution is 2.39. The second-order valence-corrected chi connectivity index (χ2v) is 23.9. The lowest BCUT2D eigenvalue weighted by Gasteiger charge is -2.52. The normalized spacial score (nSPS) is 51.6. The molecule has 0 saturated carbocycles. The summed E-state index contributed by atoms with van der Waals surface area (Å²) in [6, 6.07) is -3.80. The number of hydrogen-bond acceptors (Lipinski definition) is 39. The first-order chi connectivity index (χ1) is 43.9. The van der Waals surface area contributed by atoms with Gasteiger partial charge >= 0.3 is 0 Å². The van der Waals surface area contributed by atoms with E-state index in [1.165, 1.54) is 13.8 Å². The van der Waals surface area contributed by atoms with E-state index in [1.54, 1.807) is 0 Å². The molecule has 2 amide bonds. The van der Waals surface area contributed by atoms with Gasteiger partial charge in [-0.25, -0.2) is 0 Å². The maximum Gasteiger partial charge on any atom is 0.217 e. The maximum absolute atomic E-state index is 13.3. The Labute approximate surface area is 527 Å². The summed E-state index contributed by atoms with van der Waals surface area (Å²) in [6.45, 7) is -1.86. The van der Waals surface area contributed by atoms with Crippen LogP contribution in [0.15, 0.2) is 0 Å². The van der Waals surface area contributed by atoms with E-state index in [4.69, 9.17) is 71.1 Å². The molecule has 0 aliphatic carbocycles. The van der Waals surface area contributed by atoms with Crippen molar-refractivity contribution in [2.24, 2.45) is 0 Å². The molecule has 0 aromatic rings. The molecule has 0 radical (unpaired) electrons. The molecule has 40 atom stereocenters. The van der Waals surface area contributed by atoms with E-state index in [-0.39, 0.29) is 0 Å². The molecule has 41 nitrogen and oxygen atoms in total. The number of carbonyl (C=O) groups is 2.